The van der Waals surface area contributed by atoms with Gasteiger partial charge in [-0.15, -0.1) is 22.7 Å². The summed E-state index contributed by atoms with van der Waals surface area (Å²) in [6.45, 7) is 3.44. The van der Waals surface area contributed by atoms with Gasteiger partial charge in [-0.25, -0.2) is 5.01 Å². The second kappa shape index (κ2) is 8.52. The number of fused-ring (bicyclic) bond motifs is 1. The Morgan fingerprint density at radius 2 is 2.03 bits per heavy atom. The summed E-state index contributed by atoms with van der Waals surface area (Å²) in [6.07, 6.45) is 5.55. The Hall–Kier alpha value is -1.80. The molecule has 1 aliphatic carbocycles. The van der Waals surface area contributed by atoms with E-state index in [2.05, 4.69) is 46.0 Å². The van der Waals surface area contributed by atoms with Gasteiger partial charge in [-0.05, 0) is 53.8 Å². The highest BCUT2D eigenvalue weighted by Gasteiger charge is 2.44. The predicted octanol–water partition coefficient (Wildman–Crippen LogP) is 4.26. The molecular weight excluding hydrogens is 402 g/mol. The average Bonchev–Trinajstić information content (AvgIpc) is 3.49. The van der Waals surface area contributed by atoms with Crippen LogP contribution in [0.15, 0.2) is 45.7 Å². The van der Waals surface area contributed by atoms with Crippen molar-refractivity contribution in [2.75, 3.05) is 32.8 Å². The molecule has 7 heteroatoms. The summed E-state index contributed by atoms with van der Waals surface area (Å²) in [5.74, 6) is 0.393. The predicted molar refractivity (Wildman–Crippen MR) is 118 cm³/mol. The first-order valence-electron chi connectivity index (χ1n) is 10.3. The fourth-order valence-corrected chi connectivity index (χ4v) is 6.07. The molecule has 0 unspecified atom stereocenters. The molecule has 2 fully saturated rings. The van der Waals surface area contributed by atoms with E-state index in [9.17, 15) is 4.79 Å². The Labute approximate surface area is 179 Å². The topological polar surface area (TPSA) is 45.1 Å². The minimum atomic E-state index is 0.0329. The highest BCUT2D eigenvalue weighted by molar-refractivity contribution is 7.11. The Morgan fingerprint density at radius 1 is 1.21 bits per heavy atom. The van der Waals surface area contributed by atoms with E-state index >= 15 is 0 Å². The fraction of sp³-hybridized carbons (Fsp3) is 0.455. The molecule has 2 aliphatic heterocycles. The minimum absolute atomic E-state index is 0.0329. The third-order valence-corrected chi connectivity index (χ3v) is 7.68. The first kappa shape index (κ1) is 19.2. The maximum Gasteiger partial charge on any atom is 0.257 e. The molecule has 5 nitrogen and oxygen atoms in total. The first-order valence-corrected chi connectivity index (χ1v) is 12.0. The number of allylic oxidation sites excluding steroid dienone is 1. The van der Waals surface area contributed by atoms with E-state index in [4.69, 9.17) is 9.84 Å². The molecule has 0 radical (unpaired) electrons. The van der Waals surface area contributed by atoms with Gasteiger partial charge >= 0.3 is 0 Å². The lowest BCUT2D eigenvalue weighted by Gasteiger charge is -2.31. The lowest BCUT2D eigenvalue weighted by molar-refractivity contribution is -0.135. The zero-order chi connectivity index (χ0) is 19.6. The monoisotopic (exact) mass is 427 g/mol. The molecule has 5 rings (SSSR count). The Balaban J connectivity index is 1.45. The van der Waals surface area contributed by atoms with Gasteiger partial charge in [0.25, 0.3) is 5.91 Å². The zero-order valence-corrected chi connectivity index (χ0v) is 18.0. The van der Waals surface area contributed by atoms with Crippen LogP contribution < -0.4 is 0 Å². The van der Waals surface area contributed by atoms with Crippen molar-refractivity contribution >= 4 is 40.4 Å². The van der Waals surface area contributed by atoms with Crippen LogP contribution in [0.2, 0.25) is 0 Å². The molecule has 1 amide bonds. The molecule has 1 saturated heterocycles. The van der Waals surface area contributed by atoms with Gasteiger partial charge in [-0.3, -0.25) is 9.69 Å². The summed E-state index contributed by atoms with van der Waals surface area (Å²) >= 11 is 3.48. The van der Waals surface area contributed by atoms with Crippen LogP contribution in [-0.4, -0.2) is 54.4 Å². The summed E-state index contributed by atoms with van der Waals surface area (Å²) in [4.78, 5) is 18.0. The molecule has 2 aromatic rings. The van der Waals surface area contributed by atoms with Gasteiger partial charge in [0.2, 0.25) is 0 Å². The van der Waals surface area contributed by atoms with E-state index < -0.39 is 0 Å². The average molecular weight is 428 g/mol. The van der Waals surface area contributed by atoms with Gasteiger partial charge in [-0.1, -0.05) is 12.1 Å². The Bertz CT molecular complexity index is 899. The van der Waals surface area contributed by atoms with Crippen LogP contribution in [-0.2, 0) is 9.53 Å². The molecule has 0 bridgehead atoms. The van der Waals surface area contributed by atoms with Gasteiger partial charge in [0.05, 0.1) is 31.5 Å². The minimum Gasteiger partial charge on any atom is -0.379 e. The van der Waals surface area contributed by atoms with Crippen molar-refractivity contribution < 1.29 is 9.53 Å². The van der Waals surface area contributed by atoms with Crippen LogP contribution in [0.4, 0.5) is 0 Å². The highest BCUT2D eigenvalue weighted by Crippen LogP contribution is 2.45. The zero-order valence-electron chi connectivity index (χ0n) is 16.3. The number of thiophene rings is 2. The van der Waals surface area contributed by atoms with Crippen LogP contribution in [0.5, 0.6) is 0 Å². The van der Waals surface area contributed by atoms with Crippen molar-refractivity contribution in [3.8, 4) is 0 Å². The molecule has 1 saturated carbocycles. The number of nitrogens with zero attached hydrogens (tertiary/aromatic N) is 3. The normalized spacial score (nSPS) is 26.6. The number of carbonyl (C=O) groups is 1. The largest absolute Gasteiger partial charge is 0.379 e. The molecule has 2 aromatic heterocycles. The van der Waals surface area contributed by atoms with Crippen molar-refractivity contribution in [1.82, 2.24) is 9.91 Å². The number of rotatable bonds is 4. The van der Waals surface area contributed by atoms with Gasteiger partial charge in [-0.2, -0.15) is 5.10 Å². The number of amides is 1. The van der Waals surface area contributed by atoms with E-state index in [0.29, 0.717) is 25.7 Å². The van der Waals surface area contributed by atoms with E-state index in [-0.39, 0.29) is 11.9 Å². The number of hydrogen-bond acceptors (Lipinski definition) is 6. The van der Waals surface area contributed by atoms with Crippen molar-refractivity contribution in [3.63, 3.8) is 0 Å². The maximum absolute atomic E-state index is 13.3. The van der Waals surface area contributed by atoms with Crippen molar-refractivity contribution in [2.24, 2.45) is 11.0 Å². The lowest BCUT2D eigenvalue weighted by Crippen LogP contribution is -2.44. The van der Waals surface area contributed by atoms with Gasteiger partial charge < -0.3 is 4.74 Å². The molecule has 29 heavy (non-hydrogen) atoms. The summed E-state index contributed by atoms with van der Waals surface area (Å²) in [6, 6.07) is 8.49. The Morgan fingerprint density at radius 3 is 2.79 bits per heavy atom. The lowest BCUT2D eigenvalue weighted by atomic mass is 9.79. The number of morpholine rings is 1. The SMILES string of the molecule is O=C(CN1CCOCC1)N1N=C2/C(=C/c3cccs3)CCC[C@@H]2[C@@H]1c1cccs1. The molecule has 0 spiro atoms. The first-order chi connectivity index (χ1) is 14.3. The molecule has 0 aromatic carbocycles. The number of hydrazone groups is 1. The van der Waals surface area contributed by atoms with Crippen LogP contribution in [0, 0.1) is 5.92 Å². The van der Waals surface area contributed by atoms with Crippen molar-refractivity contribution in [3.05, 3.63) is 50.4 Å². The summed E-state index contributed by atoms with van der Waals surface area (Å²) in [7, 11) is 0. The summed E-state index contributed by atoms with van der Waals surface area (Å²) in [5, 5.41) is 11.0. The molecule has 152 valence electrons. The maximum atomic E-state index is 13.3. The summed E-state index contributed by atoms with van der Waals surface area (Å²) < 4.78 is 5.43. The standard InChI is InChI=1S/C22H25N3O2S2/c26-20(15-24-8-10-27-11-9-24)25-22(19-7-3-13-29-19)18-6-1-4-16(21(18)23-25)14-17-5-2-12-28-17/h2-3,5,7,12-14,18,22H,1,4,6,8-11,15H2/b16-14+/t18-,22+/m0/s1. The molecule has 3 aliphatic rings. The second-order valence-electron chi connectivity index (χ2n) is 7.76. The van der Waals surface area contributed by atoms with Crippen LogP contribution >= 0.6 is 22.7 Å². The van der Waals surface area contributed by atoms with E-state index in [1.54, 1.807) is 27.7 Å². The fourth-order valence-electron chi connectivity index (χ4n) is 4.51. The second-order valence-corrected chi connectivity index (χ2v) is 9.71. The molecular formula is C22H25N3O2S2. The quantitative estimate of drug-likeness (QED) is 0.732. The van der Waals surface area contributed by atoms with Crippen LogP contribution in [0.1, 0.15) is 35.1 Å². The van der Waals surface area contributed by atoms with Crippen molar-refractivity contribution in [1.29, 1.82) is 0 Å². The third kappa shape index (κ3) is 3.97. The van der Waals surface area contributed by atoms with Gasteiger partial charge in [0.1, 0.15) is 0 Å². The summed E-state index contributed by atoms with van der Waals surface area (Å²) in [5.41, 5.74) is 2.42. The van der Waals surface area contributed by atoms with E-state index in [1.807, 2.05) is 0 Å². The number of hydrogen-bond donors (Lipinski definition) is 0. The smallest absolute Gasteiger partial charge is 0.257 e. The van der Waals surface area contributed by atoms with Crippen LogP contribution in [0.3, 0.4) is 0 Å². The van der Waals surface area contributed by atoms with E-state index in [0.717, 1.165) is 38.1 Å². The van der Waals surface area contributed by atoms with Crippen molar-refractivity contribution in [2.45, 2.75) is 25.3 Å². The molecule has 2 atom stereocenters. The highest BCUT2D eigenvalue weighted by atomic mass is 32.1. The van der Waals surface area contributed by atoms with E-state index in [1.165, 1.54) is 15.3 Å². The number of carbonyl (C=O) groups excluding carboxylic acids is 1. The van der Waals surface area contributed by atoms with Gasteiger partial charge in [0, 0.05) is 28.8 Å². The Kier molecular flexibility index (Phi) is 5.63. The van der Waals surface area contributed by atoms with Gasteiger partial charge in [0.15, 0.2) is 0 Å². The number of ether oxygens (including phenoxy) is 1. The van der Waals surface area contributed by atoms with Crippen LogP contribution in [0.25, 0.3) is 6.08 Å². The molecule has 4 heterocycles. The third-order valence-electron chi connectivity index (χ3n) is 5.91. The molecule has 0 N–H and O–H groups in total.